The van der Waals surface area contributed by atoms with Crippen molar-refractivity contribution in [3.05, 3.63) is 62.7 Å². The van der Waals surface area contributed by atoms with E-state index >= 15 is 0 Å². The van der Waals surface area contributed by atoms with Crippen molar-refractivity contribution in [2.45, 2.75) is 26.9 Å². The van der Waals surface area contributed by atoms with Crippen LogP contribution in [0.3, 0.4) is 0 Å². The first-order chi connectivity index (χ1) is 11.3. The standard InChI is InChI=1S/C17H17ClN2O4/c1-10-4-6-14(8-11(10)2)24-12(3)17(21)19-16-9-13(20(22)23)5-7-15(16)18/h4-9,12H,1-3H3,(H,19,21)/t12-/m0/s1. The molecule has 0 saturated heterocycles. The van der Waals surface area contributed by atoms with Gasteiger partial charge in [0.05, 0.1) is 15.6 Å². The Kier molecular flexibility index (Phi) is 5.41. The second-order valence-electron chi connectivity index (χ2n) is 5.42. The van der Waals surface area contributed by atoms with Gasteiger partial charge in [0.1, 0.15) is 5.75 Å². The molecule has 0 aliphatic carbocycles. The highest BCUT2D eigenvalue weighted by Gasteiger charge is 2.18. The fraction of sp³-hybridized carbons (Fsp3) is 0.235. The third kappa shape index (κ3) is 4.23. The van der Waals surface area contributed by atoms with Crippen LogP contribution in [-0.4, -0.2) is 16.9 Å². The van der Waals surface area contributed by atoms with Gasteiger partial charge in [-0.1, -0.05) is 17.7 Å². The fourth-order valence-corrected chi connectivity index (χ4v) is 2.17. The number of benzene rings is 2. The SMILES string of the molecule is Cc1ccc(O[C@@H](C)C(=O)Nc2cc([N+](=O)[O-])ccc2Cl)cc1C. The number of amides is 1. The number of nitrogens with one attached hydrogen (secondary N) is 1. The first kappa shape index (κ1) is 17.7. The number of anilines is 1. The maximum absolute atomic E-state index is 12.2. The van der Waals surface area contributed by atoms with E-state index < -0.39 is 16.9 Å². The number of aryl methyl sites for hydroxylation is 2. The summed E-state index contributed by atoms with van der Waals surface area (Å²) in [5, 5.41) is 13.6. The van der Waals surface area contributed by atoms with Crippen molar-refractivity contribution in [1.82, 2.24) is 0 Å². The molecule has 7 heteroatoms. The molecule has 0 aliphatic heterocycles. The number of nitrogens with zero attached hydrogens (tertiary/aromatic N) is 1. The number of carbonyl (C=O) groups is 1. The molecule has 1 amide bonds. The van der Waals surface area contributed by atoms with Crippen molar-refractivity contribution in [2.24, 2.45) is 0 Å². The Morgan fingerprint density at radius 1 is 1.21 bits per heavy atom. The minimum absolute atomic E-state index is 0.155. The van der Waals surface area contributed by atoms with Gasteiger partial charge in [-0.3, -0.25) is 14.9 Å². The van der Waals surface area contributed by atoms with Crippen LogP contribution in [0, 0.1) is 24.0 Å². The summed E-state index contributed by atoms with van der Waals surface area (Å²) in [5.41, 5.74) is 2.20. The Morgan fingerprint density at radius 3 is 2.54 bits per heavy atom. The van der Waals surface area contributed by atoms with E-state index in [0.717, 1.165) is 11.1 Å². The average molecular weight is 349 g/mol. The lowest BCUT2D eigenvalue weighted by Gasteiger charge is -2.16. The van der Waals surface area contributed by atoms with Crippen molar-refractivity contribution >= 4 is 28.9 Å². The van der Waals surface area contributed by atoms with Crippen LogP contribution in [0.25, 0.3) is 0 Å². The topological polar surface area (TPSA) is 81.5 Å². The second kappa shape index (κ2) is 7.31. The molecule has 1 atom stereocenters. The molecule has 0 bridgehead atoms. The largest absolute Gasteiger partial charge is 0.481 e. The lowest BCUT2D eigenvalue weighted by molar-refractivity contribution is -0.384. The number of ether oxygens (including phenoxy) is 1. The van der Waals surface area contributed by atoms with Crippen LogP contribution in [0.5, 0.6) is 5.75 Å². The molecule has 6 nitrogen and oxygen atoms in total. The third-order valence-electron chi connectivity index (χ3n) is 3.58. The highest BCUT2D eigenvalue weighted by Crippen LogP contribution is 2.27. The normalized spacial score (nSPS) is 11.7. The van der Waals surface area contributed by atoms with Gasteiger partial charge in [0.25, 0.3) is 11.6 Å². The summed E-state index contributed by atoms with van der Waals surface area (Å²) in [6, 6.07) is 9.39. The molecule has 0 fully saturated rings. The monoisotopic (exact) mass is 348 g/mol. The van der Waals surface area contributed by atoms with E-state index in [4.69, 9.17) is 16.3 Å². The van der Waals surface area contributed by atoms with E-state index in [2.05, 4.69) is 5.32 Å². The highest BCUT2D eigenvalue weighted by molar-refractivity contribution is 6.33. The van der Waals surface area contributed by atoms with Crippen molar-refractivity contribution in [3.63, 3.8) is 0 Å². The smallest absolute Gasteiger partial charge is 0.271 e. The Morgan fingerprint density at radius 2 is 1.92 bits per heavy atom. The van der Waals surface area contributed by atoms with Crippen LogP contribution in [0.2, 0.25) is 5.02 Å². The number of hydrogen-bond donors (Lipinski definition) is 1. The van der Waals surface area contributed by atoms with Gasteiger partial charge in [-0.2, -0.15) is 0 Å². The van der Waals surface area contributed by atoms with Gasteiger partial charge in [0.15, 0.2) is 6.10 Å². The molecule has 0 radical (unpaired) electrons. The van der Waals surface area contributed by atoms with E-state index in [1.807, 2.05) is 26.0 Å². The summed E-state index contributed by atoms with van der Waals surface area (Å²) in [6.45, 7) is 5.53. The summed E-state index contributed by atoms with van der Waals surface area (Å²) >= 11 is 5.97. The summed E-state index contributed by atoms with van der Waals surface area (Å²) in [4.78, 5) is 22.5. The fourth-order valence-electron chi connectivity index (χ4n) is 2.00. The maximum Gasteiger partial charge on any atom is 0.271 e. The van der Waals surface area contributed by atoms with Gasteiger partial charge < -0.3 is 10.1 Å². The molecule has 2 rings (SSSR count). The van der Waals surface area contributed by atoms with Crippen LogP contribution < -0.4 is 10.1 Å². The number of nitro benzene ring substituents is 1. The molecule has 0 unspecified atom stereocenters. The van der Waals surface area contributed by atoms with Crippen molar-refractivity contribution < 1.29 is 14.5 Å². The van der Waals surface area contributed by atoms with E-state index in [1.54, 1.807) is 13.0 Å². The lowest BCUT2D eigenvalue weighted by Crippen LogP contribution is -2.30. The molecule has 0 saturated carbocycles. The maximum atomic E-state index is 12.2. The lowest BCUT2D eigenvalue weighted by atomic mass is 10.1. The van der Waals surface area contributed by atoms with Crippen LogP contribution in [-0.2, 0) is 4.79 Å². The van der Waals surface area contributed by atoms with Crippen molar-refractivity contribution in [1.29, 1.82) is 0 Å². The predicted octanol–water partition coefficient (Wildman–Crippen LogP) is 4.27. The predicted molar refractivity (Wildman–Crippen MR) is 92.7 cm³/mol. The van der Waals surface area contributed by atoms with Gasteiger partial charge in [-0.25, -0.2) is 0 Å². The molecule has 126 valence electrons. The number of carbonyl (C=O) groups excluding carboxylic acids is 1. The second-order valence-corrected chi connectivity index (χ2v) is 5.82. The molecule has 2 aromatic rings. The van der Waals surface area contributed by atoms with Gasteiger partial charge in [0, 0.05) is 12.1 Å². The molecule has 0 heterocycles. The Bertz CT molecular complexity index is 792. The van der Waals surface area contributed by atoms with Crippen molar-refractivity contribution in [2.75, 3.05) is 5.32 Å². The molecule has 0 aromatic heterocycles. The van der Waals surface area contributed by atoms with Gasteiger partial charge in [0.2, 0.25) is 0 Å². The molecule has 1 N–H and O–H groups in total. The number of hydrogen-bond acceptors (Lipinski definition) is 4. The Balaban J connectivity index is 2.10. The molecule has 0 spiro atoms. The van der Waals surface area contributed by atoms with Crippen LogP contribution in [0.4, 0.5) is 11.4 Å². The number of non-ortho nitro benzene ring substituents is 1. The van der Waals surface area contributed by atoms with E-state index in [1.165, 1.54) is 18.2 Å². The summed E-state index contributed by atoms with van der Waals surface area (Å²) in [6.07, 6.45) is -0.789. The number of rotatable bonds is 5. The van der Waals surface area contributed by atoms with E-state index in [9.17, 15) is 14.9 Å². The molecular formula is C17H17ClN2O4. The number of nitro groups is 1. The summed E-state index contributed by atoms with van der Waals surface area (Å²) in [5.74, 6) is 0.126. The van der Waals surface area contributed by atoms with Crippen molar-refractivity contribution in [3.8, 4) is 5.75 Å². The Hall–Kier alpha value is -2.60. The van der Waals surface area contributed by atoms with Crippen LogP contribution >= 0.6 is 11.6 Å². The highest BCUT2D eigenvalue weighted by atomic mass is 35.5. The molecular weight excluding hydrogens is 332 g/mol. The average Bonchev–Trinajstić information content (AvgIpc) is 2.52. The molecule has 24 heavy (non-hydrogen) atoms. The minimum atomic E-state index is -0.789. The zero-order valence-corrected chi connectivity index (χ0v) is 14.3. The van der Waals surface area contributed by atoms with E-state index in [-0.39, 0.29) is 16.4 Å². The zero-order valence-electron chi connectivity index (χ0n) is 13.5. The van der Waals surface area contributed by atoms with Crippen LogP contribution in [0.15, 0.2) is 36.4 Å². The van der Waals surface area contributed by atoms with Crippen LogP contribution in [0.1, 0.15) is 18.1 Å². The van der Waals surface area contributed by atoms with Gasteiger partial charge >= 0.3 is 0 Å². The Labute approximate surface area is 144 Å². The van der Waals surface area contributed by atoms with E-state index in [0.29, 0.717) is 5.75 Å². The first-order valence-electron chi connectivity index (χ1n) is 7.26. The number of halogens is 1. The van der Waals surface area contributed by atoms with Gasteiger partial charge in [-0.05, 0) is 50.1 Å². The zero-order chi connectivity index (χ0) is 17.9. The quantitative estimate of drug-likeness (QED) is 0.646. The summed E-state index contributed by atoms with van der Waals surface area (Å²) < 4.78 is 5.61. The first-order valence-corrected chi connectivity index (χ1v) is 7.64. The van der Waals surface area contributed by atoms with Gasteiger partial charge in [-0.15, -0.1) is 0 Å². The molecule has 0 aliphatic rings. The molecule has 2 aromatic carbocycles. The third-order valence-corrected chi connectivity index (χ3v) is 3.91. The summed E-state index contributed by atoms with van der Waals surface area (Å²) in [7, 11) is 0. The minimum Gasteiger partial charge on any atom is -0.481 e.